The number of aliphatic hydroxyl groups excluding tert-OH is 1. The van der Waals surface area contributed by atoms with E-state index in [0.717, 1.165) is 25.9 Å². The first-order chi connectivity index (χ1) is 8.63. The molecule has 1 aromatic rings. The lowest BCUT2D eigenvalue weighted by molar-refractivity contribution is 0.0968. The van der Waals surface area contributed by atoms with Crippen molar-refractivity contribution in [2.24, 2.45) is 5.73 Å². The minimum absolute atomic E-state index is 0.00777. The fraction of sp³-hybridized carbons (Fsp3) is 0.500. The zero-order chi connectivity index (χ0) is 13.1. The lowest BCUT2D eigenvalue weighted by Crippen LogP contribution is -2.26. The van der Waals surface area contributed by atoms with Gasteiger partial charge in [-0.2, -0.15) is 0 Å². The molecule has 2 rings (SSSR count). The Morgan fingerprint density at radius 1 is 1.56 bits per heavy atom. The molecule has 0 saturated carbocycles. The molecule has 1 unspecified atom stereocenters. The van der Waals surface area contributed by atoms with E-state index in [1.165, 1.54) is 11.3 Å². The molecule has 0 spiro atoms. The largest absolute Gasteiger partial charge is 0.396 e. The van der Waals surface area contributed by atoms with E-state index in [1.807, 2.05) is 18.2 Å². The summed E-state index contributed by atoms with van der Waals surface area (Å²) in [5, 5.41) is 8.87. The molecule has 0 fully saturated rings. The maximum absolute atomic E-state index is 11.8. The summed E-state index contributed by atoms with van der Waals surface area (Å²) in [5.74, 6) is -0.00777. The van der Waals surface area contributed by atoms with Gasteiger partial charge in [0.25, 0.3) is 0 Å². The highest BCUT2D eigenvalue weighted by Crippen LogP contribution is 2.29. The van der Waals surface area contributed by atoms with E-state index >= 15 is 0 Å². The highest BCUT2D eigenvalue weighted by molar-refractivity contribution is 6.00. The normalized spacial score (nSPS) is 15.6. The monoisotopic (exact) mass is 248 g/mol. The quantitative estimate of drug-likeness (QED) is 0.762. The molecule has 18 heavy (non-hydrogen) atoms. The first-order valence-electron chi connectivity index (χ1n) is 6.42. The van der Waals surface area contributed by atoms with Crippen molar-refractivity contribution in [1.29, 1.82) is 0 Å². The molecule has 4 nitrogen and oxygen atoms in total. The van der Waals surface area contributed by atoms with Gasteiger partial charge in [0.15, 0.2) is 5.78 Å². The summed E-state index contributed by atoms with van der Waals surface area (Å²) in [6, 6.07) is 5.35. The van der Waals surface area contributed by atoms with Gasteiger partial charge in [-0.3, -0.25) is 4.79 Å². The number of Topliss-reactive ketones (excluding diaryl/α,β-unsaturated/α-hetero) is 1. The van der Waals surface area contributed by atoms with E-state index in [-0.39, 0.29) is 12.4 Å². The standard InChI is InChI=1S/C14H20N2O2/c1-10(15)14(18)12-3-4-13-11(9-12)5-7-16(13)6-2-8-17/h3-4,9-10,17H,2,5-8,15H2,1H3. The Bertz CT molecular complexity index is 443. The molecular formula is C14H20N2O2. The van der Waals surface area contributed by atoms with Crippen LogP contribution in [0.1, 0.15) is 29.3 Å². The molecule has 98 valence electrons. The topological polar surface area (TPSA) is 66.6 Å². The SMILES string of the molecule is CC(N)C(=O)c1ccc2c(c1)CCN2CCCO. The number of aliphatic hydroxyl groups is 1. The second-order valence-corrected chi connectivity index (χ2v) is 4.81. The maximum Gasteiger partial charge on any atom is 0.179 e. The number of carbonyl (C=O) groups is 1. The fourth-order valence-electron chi connectivity index (χ4n) is 2.38. The summed E-state index contributed by atoms with van der Waals surface area (Å²) in [6.07, 6.45) is 1.74. The number of ketones is 1. The van der Waals surface area contributed by atoms with Crippen LogP contribution in [0.15, 0.2) is 18.2 Å². The molecule has 1 atom stereocenters. The third-order valence-corrected chi connectivity index (χ3v) is 3.36. The van der Waals surface area contributed by atoms with Gasteiger partial charge in [0.2, 0.25) is 0 Å². The first kappa shape index (κ1) is 13.1. The predicted molar refractivity (Wildman–Crippen MR) is 72.0 cm³/mol. The molecule has 0 amide bonds. The van der Waals surface area contributed by atoms with Gasteiger partial charge < -0.3 is 15.7 Å². The molecule has 1 heterocycles. The summed E-state index contributed by atoms with van der Waals surface area (Å²) in [4.78, 5) is 14.1. The third kappa shape index (κ3) is 2.54. The fourth-order valence-corrected chi connectivity index (χ4v) is 2.38. The van der Waals surface area contributed by atoms with Crippen molar-refractivity contribution < 1.29 is 9.90 Å². The van der Waals surface area contributed by atoms with Crippen LogP contribution < -0.4 is 10.6 Å². The van der Waals surface area contributed by atoms with Crippen molar-refractivity contribution in [3.63, 3.8) is 0 Å². The summed E-state index contributed by atoms with van der Waals surface area (Å²) in [7, 11) is 0. The van der Waals surface area contributed by atoms with Crippen LogP contribution in [0, 0.1) is 0 Å². The average Bonchev–Trinajstić information content (AvgIpc) is 2.77. The number of nitrogens with two attached hydrogens (primary N) is 1. The minimum Gasteiger partial charge on any atom is -0.396 e. The second kappa shape index (κ2) is 5.50. The lowest BCUT2D eigenvalue weighted by Gasteiger charge is -2.18. The van der Waals surface area contributed by atoms with Gasteiger partial charge in [-0.05, 0) is 43.5 Å². The van der Waals surface area contributed by atoms with Crippen LogP contribution in [0.4, 0.5) is 5.69 Å². The van der Waals surface area contributed by atoms with Crippen molar-refractivity contribution in [1.82, 2.24) is 0 Å². The van der Waals surface area contributed by atoms with Crippen molar-refractivity contribution in [2.75, 3.05) is 24.6 Å². The van der Waals surface area contributed by atoms with Gasteiger partial charge in [0.1, 0.15) is 0 Å². The summed E-state index contributed by atoms with van der Waals surface area (Å²) < 4.78 is 0. The summed E-state index contributed by atoms with van der Waals surface area (Å²) in [6.45, 7) is 3.76. The van der Waals surface area contributed by atoms with E-state index in [2.05, 4.69) is 4.90 Å². The molecule has 0 bridgehead atoms. The van der Waals surface area contributed by atoms with Crippen LogP contribution in [0.5, 0.6) is 0 Å². The molecule has 1 aliphatic heterocycles. The van der Waals surface area contributed by atoms with Crippen molar-refractivity contribution in [3.05, 3.63) is 29.3 Å². The van der Waals surface area contributed by atoms with E-state index in [0.29, 0.717) is 5.56 Å². The van der Waals surface area contributed by atoms with Gasteiger partial charge in [-0.15, -0.1) is 0 Å². The van der Waals surface area contributed by atoms with Gasteiger partial charge in [-0.25, -0.2) is 0 Å². The van der Waals surface area contributed by atoms with Crippen molar-refractivity contribution in [3.8, 4) is 0 Å². The number of hydrogen-bond donors (Lipinski definition) is 2. The van der Waals surface area contributed by atoms with Gasteiger partial charge >= 0.3 is 0 Å². The zero-order valence-electron chi connectivity index (χ0n) is 10.7. The second-order valence-electron chi connectivity index (χ2n) is 4.81. The van der Waals surface area contributed by atoms with E-state index < -0.39 is 6.04 Å². The molecule has 0 saturated heterocycles. The number of benzene rings is 1. The maximum atomic E-state index is 11.8. The smallest absolute Gasteiger partial charge is 0.179 e. The van der Waals surface area contributed by atoms with E-state index in [1.54, 1.807) is 6.92 Å². The van der Waals surface area contributed by atoms with E-state index in [4.69, 9.17) is 10.8 Å². The van der Waals surface area contributed by atoms with Crippen LogP contribution in [0.2, 0.25) is 0 Å². The Morgan fingerprint density at radius 2 is 2.33 bits per heavy atom. The summed E-state index contributed by atoms with van der Waals surface area (Å²) >= 11 is 0. The van der Waals surface area contributed by atoms with Gasteiger partial charge in [0.05, 0.1) is 6.04 Å². The molecule has 3 N–H and O–H groups in total. The average molecular weight is 248 g/mol. The van der Waals surface area contributed by atoms with Crippen LogP contribution >= 0.6 is 0 Å². The minimum atomic E-state index is -0.449. The van der Waals surface area contributed by atoms with Crippen LogP contribution in [-0.4, -0.2) is 36.6 Å². The number of hydrogen-bond acceptors (Lipinski definition) is 4. The number of carbonyl (C=O) groups excluding carboxylic acids is 1. The Morgan fingerprint density at radius 3 is 3.00 bits per heavy atom. The summed E-state index contributed by atoms with van der Waals surface area (Å²) in [5.41, 5.74) is 8.71. The molecule has 1 aromatic carbocycles. The number of rotatable bonds is 5. The number of nitrogens with zero attached hydrogens (tertiary/aromatic N) is 1. The lowest BCUT2D eigenvalue weighted by atomic mass is 10.0. The number of fused-ring (bicyclic) bond motifs is 1. The molecule has 0 aliphatic carbocycles. The van der Waals surface area contributed by atoms with E-state index in [9.17, 15) is 4.79 Å². The Hall–Kier alpha value is -1.39. The molecule has 4 heteroatoms. The molecule has 0 radical (unpaired) electrons. The Balaban J connectivity index is 2.17. The predicted octanol–water partition coefficient (Wildman–Crippen LogP) is 0.961. The Labute approximate surface area is 107 Å². The van der Waals surface area contributed by atoms with Crippen LogP contribution in [0.25, 0.3) is 0 Å². The molecule has 1 aliphatic rings. The van der Waals surface area contributed by atoms with Gasteiger partial charge in [0, 0.05) is 30.9 Å². The number of anilines is 1. The highest BCUT2D eigenvalue weighted by atomic mass is 16.3. The van der Waals surface area contributed by atoms with Crippen LogP contribution in [-0.2, 0) is 6.42 Å². The van der Waals surface area contributed by atoms with Crippen LogP contribution in [0.3, 0.4) is 0 Å². The highest BCUT2D eigenvalue weighted by Gasteiger charge is 2.20. The molecule has 0 aromatic heterocycles. The Kier molecular flexibility index (Phi) is 3.99. The van der Waals surface area contributed by atoms with Gasteiger partial charge in [-0.1, -0.05) is 0 Å². The zero-order valence-corrected chi connectivity index (χ0v) is 10.7. The van der Waals surface area contributed by atoms with Crippen molar-refractivity contribution in [2.45, 2.75) is 25.8 Å². The third-order valence-electron chi connectivity index (χ3n) is 3.36. The molecular weight excluding hydrogens is 228 g/mol. The van der Waals surface area contributed by atoms with Crippen molar-refractivity contribution >= 4 is 11.5 Å². The first-order valence-corrected chi connectivity index (χ1v) is 6.42.